The maximum Gasteiger partial charge on any atom is 0.417 e. The first kappa shape index (κ1) is 20.6. The van der Waals surface area contributed by atoms with Gasteiger partial charge in [0.25, 0.3) is 5.56 Å². The van der Waals surface area contributed by atoms with Gasteiger partial charge in [0.05, 0.1) is 5.56 Å². The number of hydrogen-bond donors (Lipinski definition) is 1. The van der Waals surface area contributed by atoms with E-state index in [1.165, 1.54) is 18.5 Å². The first-order valence-corrected chi connectivity index (χ1v) is 8.76. The molecule has 0 fully saturated rings. The lowest BCUT2D eigenvalue weighted by atomic mass is 10.00. The second kappa shape index (κ2) is 8.08. The van der Waals surface area contributed by atoms with Crippen LogP contribution in [0.5, 0.6) is 0 Å². The molecule has 0 aliphatic carbocycles. The topological polar surface area (TPSA) is 72.2 Å². The molecule has 3 rings (SSSR count). The number of alkyl halides is 3. The van der Waals surface area contributed by atoms with Crippen molar-refractivity contribution < 1.29 is 23.1 Å². The summed E-state index contributed by atoms with van der Waals surface area (Å²) in [5, 5.41) is 9.61. The van der Waals surface area contributed by atoms with Crippen molar-refractivity contribution in [2.75, 3.05) is 0 Å². The summed E-state index contributed by atoms with van der Waals surface area (Å²) in [5.41, 5.74) is -1.50. The van der Waals surface area contributed by atoms with Crippen molar-refractivity contribution >= 4 is 17.6 Å². The number of rotatable bonds is 5. The second-order valence-electron chi connectivity index (χ2n) is 6.23. The predicted octanol–water partition coefficient (Wildman–Crippen LogP) is 4.45. The molecule has 2 heterocycles. The van der Waals surface area contributed by atoms with E-state index in [1.807, 2.05) is 0 Å². The van der Waals surface area contributed by atoms with Crippen LogP contribution in [0.15, 0.2) is 65.7 Å². The molecule has 0 bridgehead atoms. The molecule has 0 saturated heterocycles. The third-order valence-electron chi connectivity index (χ3n) is 4.30. The van der Waals surface area contributed by atoms with Crippen molar-refractivity contribution in [3.8, 4) is 11.1 Å². The summed E-state index contributed by atoms with van der Waals surface area (Å²) in [5.74, 6) is -1.26. The zero-order valence-corrected chi connectivity index (χ0v) is 15.5. The van der Waals surface area contributed by atoms with Crippen LogP contribution in [0.4, 0.5) is 13.2 Å². The largest absolute Gasteiger partial charge is 0.480 e. The number of nitrogens with zero attached hydrogens (tertiary/aromatic N) is 2. The first-order valence-electron chi connectivity index (χ1n) is 8.39. The van der Waals surface area contributed by atoms with Gasteiger partial charge in [0, 0.05) is 35.6 Å². The SMILES string of the molecule is O=C(O)C(Cc1ccccn1)n1ccc(-c2cc(Cl)ccc2C(F)(F)F)cc1=O. The highest BCUT2D eigenvalue weighted by molar-refractivity contribution is 6.30. The molecule has 0 aliphatic rings. The van der Waals surface area contributed by atoms with Crippen LogP contribution in [0.2, 0.25) is 5.02 Å². The summed E-state index contributed by atoms with van der Waals surface area (Å²) in [6, 6.07) is 9.02. The van der Waals surface area contributed by atoms with Crippen molar-refractivity contribution in [3.05, 3.63) is 87.6 Å². The molecule has 1 N–H and O–H groups in total. The molecular formula is C20H14ClF3N2O3. The van der Waals surface area contributed by atoms with Crippen molar-refractivity contribution in [1.82, 2.24) is 9.55 Å². The van der Waals surface area contributed by atoms with Gasteiger partial charge in [0.2, 0.25) is 0 Å². The number of carboxylic acids is 1. The smallest absolute Gasteiger partial charge is 0.417 e. The van der Waals surface area contributed by atoms with Gasteiger partial charge in [-0.05, 0) is 47.5 Å². The number of hydrogen-bond acceptors (Lipinski definition) is 3. The van der Waals surface area contributed by atoms with Gasteiger partial charge in [-0.15, -0.1) is 0 Å². The lowest BCUT2D eigenvalue weighted by Gasteiger charge is -2.17. The van der Waals surface area contributed by atoms with Gasteiger partial charge in [0.1, 0.15) is 6.04 Å². The Kier molecular flexibility index (Phi) is 5.74. The average Bonchev–Trinajstić information content (AvgIpc) is 2.66. The van der Waals surface area contributed by atoms with Crippen LogP contribution in [0.1, 0.15) is 17.3 Å². The fraction of sp³-hybridized carbons (Fsp3) is 0.150. The summed E-state index contributed by atoms with van der Waals surface area (Å²) < 4.78 is 40.9. The minimum Gasteiger partial charge on any atom is -0.480 e. The van der Waals surface area contributed by atoms with Gasteiger partial charge in [-0.2, -0.15) is 13.2 Å². The first-order chi connectivity index (χ1) is 13.7. The Balaban J connectivity index is 2.04. The van der Waals surface area contributed by atoms with Gasteiger partial charge >= 0.3 is 12.1 Å². The zero-order chi connectivity index (χ0) is 21.2. The van der Waals surface area contributed by atoms with Gasteiger partial charge in [-0.3, -0.25) is 9.78 Å². The van der Waals surface area contributed by atoms with E-state index < -0.39 is 29.3 Å². The Morgan fingerprint density at radius 1 is 1.17 bits per heavy atom. The summed E-state index contributed by atoms with van der Waals surface area (Å²) in [4.78, 5) is 28.3. The number of halogens is 4. The Morgan fingerprint density at radius 2 is 1.93 bits per heavy atom. The molecule has 0 saturated carbocycles. The van der Waals surface area contributed by atoms with Crippen LogP contribution in [-0.2, 0) is 17.4 Å². The van der Waals surface area contributed by atoms with Crippen molar-refractivity contribution in [2.45, 2.75) is 18.6 Å². The third kappa shape index (κ3) is 4.65. The monoisotopic (exact) mass is 422 g/mol. The van der Waals surface area contributed by atoms with Gasteiger partial charge in [0.15, 0.2) is 0 Å². The van der Waals surface area contributed by atoms with Crippen molar-refractivity contribution in [3.63, 3.8) is 0 Å². The fourth-order valence-corrected chi connectivity index (χ4v) is 3.11. The Labute approximate surface area is 168 Å². The molecule has 9 heteroatoms. The van der Waals surface area contributed by atoms with Crippen LogP contribution >= 0.6 is 11.6 Å². The Hall–Kier alpha value is -3.13. The number of carbonyl (C=O) groups is 1. The molecule has 150 valence electrons. The lowest BCUT2D eigenvalue weighted by molar-refractivity contribution is -0.141. The van der Waals surface area contributed by atoms with E-state index in [-0.39, 0.29) is 22.6 Å². The summed E-state index contributed by atoms with van der Waals surface area (Å²) in [6.45, 7) is 0. The Bertz CT molecular complexity index is 1100. The standard InChI is InChI=1S/C20H14ClF3N2O3/c21-13-4-5-16(20(22,23)24)15(10-13)12-6-8-26(18(27)9-12)17(19(28)29)11-14-3-1-2-7-25-14/h1-10,17H,11H2,(H,28,29). The maximum absolute atomic E-state index is 13.3. The minimum absolute atomic E-state index is 0.0111. The van der Waals surface area contributed by atoms with E-state index in [4.69, 9.17) is 11.6 Å². The van der Waals surface area contributed by atoms with E-state index in [0.29, 0.717) is 5.69 Å². The quantitative estimate of drug-likeness (QED) is 0.659. The van der Waals surface area contributed by atoms with E-state index >= 15 is 0 Å². The molecule has 1 aromatic carbocycles. The normalized spacial score (nSPS) is 12.6. The summed E-state index contributed by atoms with van der Waals surface area (Å²) in [7, 11) is 0. The van der Waals surface area contributed by atoms with Gasteiger partial charge < -0.3 is 9.67 Å². The predicted molar refractivity (Wildman–Crippen MR) is 101 cm³/mol. The minimum atomic E-state index is -4.64. The zero-order valence-electron chi connectivity index (χ0n) is 14.7. The molecule has 1 atom stereocenters. The molecule has 29 heavy (non-hydrogen) atoms. The molecule has 3 aromatic rings. The van der Waals surface area contributed by atoms with Crippen LogP contribution in [-0.4, -0.2) is 20.6 Å². The number of aliphatic carboxylic acids is 1. The number of benzene rings is 1. The molecule has 1 unspecified atom stereocenters. The molecule has 5 nitrogen and oxygen atoms in total. The summed E-state index contributed by atoms with van der Waals surface area (Å²) >= 11 is 5.83. The van der Waals surface area contributed by atoms with Gasteiger partial charge in [-0.1, -0.05) is 17.7 Å². The molecule has 0 spiro atoms. The highest BCUT2D eigenvalue weighted by Gasteiger charge is 2.34. The van der Waals surface area contributed by atoms with Gasteiger partial charge in [-0.25, -0.2) is 4.79 Å². The number of aromatic nitrogens is 2. The third-order valence-corrected chi connectivity index (χ3v) is 4.53. The van der Waals surface area contributed by atoms with Crippen molar-refractivity contribution in [2.24, 2.45) is 0 Å². The fourth-order valence-electron chi connectivity index (χ4n) is 2.94. The van der Waals surface area contributed by atoms with E-state index in [0.717, 1.165) is 28.8 Å². The highest BCUT2D eigenvalue weighted by Crippen LogP contribution is 2.38. The van der Waals surface area contributed by atoms with Crippen LogP contribution < -0.4 is 5.56 Å². The molecule has 2 aromatic heterocycles. The molecule has 0 aliphatic heterocycles. The lowest BCUT2D eigenvalue weighted by Crippen LogP contribution is -2.30. The average molecular weight is 423 g/mol. The summed E-state index contributed by atoms with van der Waals surface area (Å²) in [6.07, 6.45) is -2.03. The highest BCUT2D eigenvalue weighted by atomic mass is 35.5. The van der Waals surface area contributed by atoms with E-state index in [9.17, 15) is 27.9 Å². The van der Waals surface area contributed by atoms with Crippen LogP contribution in [0.25, 0.3) is 11.1 Å². The van der Waals surface area contributed by atoms with Crippen molar-refractivity contribution in [1.29, 1.82) is 0 Å². The Morgan fingerprint density at radius 3 is 2.52 bits per heavy atom. The van der Waals surface area contributed by atoms with E-state index in [1.54, 1.807) is 18.2 Å². The number of pyridine rings is 2. The maximum atomic E-state index is 13.3. The van der Waals surface area contributed by atoms with Crippen LogP contribution in [0, 0.1) is 0 Å². The number of carboxylic acid groups (broad SMARTS) is 1. The second-order valence-corrected chi connectivity index (χ2v) is 6.66. The van der Waals surface area contributed by atoms with Crippen LogP contribution in [0.3, 0.4) is 0 Å². The molecule has 0 radical (unpaired) electrons. The molecular weight excluding hydrogens is 409 g/mol. The molecule has 0 amide bonds. The van der Waals surface area contributed by atoms with E-state index in [2.05, 4.69) is 4.98 Å².